The lowest BCUT2D eigenvalue weighted by atomic mass is 10.2. The molecule has 2 aromatic heterocycles. The van der Waals surface area contributed by atoms with Crippen LogP contribution in [-0.4, -0.2) is 9.55 Å². The van der Waals surface area contributed by atoms with E-state index in [4.69, 9.17) is 0 Å². The molecular weight excluding hydrogens is 244 g/mol. The number of pyridine rings is 1. The molecule has 0 bridgehead atoms. The molecule has 2 nitrogen and oxygen atoms in total. The molecule has 0 aliphatic heterocycles. The zero-order valence-electron chi connectivity index (χ0n) is 13.1. The first-order valence-electron chi connectivity index (χ1n) is 7.14. The molecule has 3 aromatic rings. The topological polar surface area (TPSA) is 17.8 Å². The molecule has 0 aliphatic rings. The molecule has 0 saturated carbocycles. The number of benzene rings is 1. The van der Waals surface area contributed by atoms with E-state index in [0.717, 1.165) is 0 Å². The predicted molar refractivity (Wildman–Crippen MR) is 90.1 cm³/mol. The summed E-state index contributed by atoms with van der Waals surface area (Å²) in [6.07, 6.45) is 7.75. The highest BCUT2D eigenvalue weighted by atomic mass is 14.9. The molecule has 0 atom stereocenters. The average molecular weight is 268 g/mol. The molecular formula is C18H24N2. The maximum absolute atomic E-state index is 4.15. The van der Waals surface area contributed by atoms with Crippen molar-refractivity contribution in [1.82, 2.24) is 9.55 Å². The molecule has 0 unspecified atom stereocenters. The molecule has 20 heavy (non-hydrogen) atoms. The van der Waals surface area contributed by atoms with E-state index < -0.39 is 0 Å². The monoisotopic (exact) mass is 268 g/mol. The maximum atomic E-state index is 4.15. The average Bonchev–Trinajstić information content (AvgIpc) is 2.84. The van der Waals surface area contributed by atoms with Crippen molar-refractivity contribution >= 4 is 21.8 Å². The van der Waals surface area contributed by atoms with Crippen molar-refractivity contribution in [1.29, 1.82) is 0 Å². The van der Waals surface area contributed by atoms with Gasteiger partial charge in [-0.15, -0.1) is 0 Å². The van der Waals surface area contributed by atoms with E-state index >= 15 is 0 Å². The smallest absolute Gasteiger partial charge is 0.0675 e. The Morgan fingerprint density at radius 3 is 2.15 bits per heavy atom. The third-order valence-electron chi connectivity index (χ3n) is 3.05. The van der Waals surface area contributed by atoms with E-state index in [1.54, 1.807) is 0 Å². The standard InChI is InChI=1S/C12H10N2.C4H8.C2H6/c1-14-11-5-3-2-4-9(11)10-6-7-13-8-12(10)14;1-3-4-2;1-2/h2-8H,1H3;3-4H,1-2H3;1-2H3/b;4-3-;. The largest absolute Gasteiger partial charge is 0.342 e. The lowest BCUT2D eigenvalue weighted by Gasteiger charge is -1.95. The van der Waals surface area contributed by atoms with Crippen LogP contribution in [-0.2, 0) is 7.05 Å². The van der Waals surface area contributed by atoms with Gasteiger partial charge >= 0.3 is 0 Å². The van der Waals surface area contributed by atoms with Crippen LogP contribution in [0.15, 0.2) is 54.9 Å². The minimum Gasteiger partial charge on any atom is -0.342 e. The van der Waals surface area contributed by atoms with Gasteiger partial charge in [0, 0.05) is 29.5 Å². The summed E-state index contributed by atoms with van der Waals surface area (Å²) in [6.45, 7) is 8.00. The van der Waals surface area contributed by atoms with Crippen LogP contribution in [0.1, 0.15) is 27.7 Å². The van der Waals surface area contributed by atoms with Crippen LogP contribution < -0.4 is 0 Å². The Bertz CT molecular complexity index is 621. The Balaban J connectivity index is 0.000000291. The lowest BCUT2D eigenvalue weighted by Crippen LogP contribution is -1.85. The first-order valence-corrected chi connectivity index (χ1v) is 7.14. The van der Waals surface area contributed by atoms with Crippen LogP contribution in [0.4, 0.5) is 0 Å². The molecule has 2 heteroatoms. The van der Waals surface area contributed by atoms with Gasteiger partial charge in [0.1, 0.15) is 0 Å². The van der Waals surface area contributed by atoms with Gasteiger partial charge in [-0.2, -0.15) is 0 Å². The second-order valence-corrected chi connectivity index (χ2v) is 4.14. The van der Waals surface area contributed by atoms with Gasteiger partial charge < -0.3 is 4.57 Å². The number of allylic oxidation sites excluding steroid dienone is 2. The van der Waals surface area contributed by atoms with Gasteiger partial charge in [0.2, 0.25) is 0 Å². The minimum atomic E-state index is 1.19. The van der Waals surface area contributed by atoms with Crippen LogP contribution in [0, 0.1) is 0 Å². The zero-order valence-corrected chi connectivity index (χ0v) is 13.1. The Morgan fingerprint density at radius 2 is 1.50 bits per heavy atom. The minimum absolute atomic E-state index is 1.19. The Morgan fingerprint density at radius 1 is 0.900 bits per heavy atom. The number of aryl methyl sites for hydroxylation is 1. The molecule has 0 aliphatic carbocycles. The van der Waals surface area contributed by atoms with Gasteiger partial charge in [-0.25, -0.2) is 0 Å². The van der Waals surface area contributed by atoms with E-state index in [-0.39, 0.29) is 0 Å². The summed E-state index contributed by atoms with van der Waals surface area (Å²) < 4.78 is 2.18. The number of fused-ring (bicyclic) bond motifs is 3. The lowest BCUT2D eigenvalue weighted by molar-refractivity contribution is 1.01. The Kier molecular flexibility index (Phi) is 6.51. The van der Waals surface area contributed by atoms with Crippen molar-refractivity contribution in [3.8, 4) is 0 Å². The summed E-state index contributed by atoms with van der Waals surface area (Å²) in [5.74, 6) is 0. The fourth-order valence-electron chi connectivity index (χ4n) is 2.00. The Labute approximate surface area is 121 Å². The first kappa shape index (κ1) is 16.0. The second kappa shape index (κ2) is 8.16. The highest BCUT2D eigenvalue weighted by Gasteiger charge is 2.05. The molecule has 2 heterocycles. The van der Waals surface area contributed by atoms with Crippen molar-refractivity contribution < 1.29 is 0 Å². The fourth-order valence-corrected chi connectivity index (χ4v) is 2.00. The number of para-hydroxylation sites is 1. The van der Waals surface area contributed by atoms with E-state index in [2.05, 4.69) is 46.9 Å². The van der Waals surface area contributed by atoms with E-state index in [9.17, 15) is 0 Å². The molecule has 1 aromatic carbocycles. The second-order valence-electron chi connectivity index (χ2n) is 4.14. The predicted octanol–water partition coefficient (Wildman–Crippen LogP) is 5.34. The Hall–Kier alpha value is -2.09. The van der Waals surface area contributed by atoms with Gasteiger partial charge in [-0.05, 0) is 26.0 Å². The number of rotatable bonds is 0. The summed E-state index contributed by atoms with van der Waals surface area (Å²) in [7, 11) is 2.08. The van der Waals surface area contributed by atoms with Crippen molar-refractivity contribution in [2.75, 3.05) is 0 Å². The van der Waals surface area contributed by atoms with Crippen molar-refractivity contribution in [3.05, 3.63) is 54.9 Å². The quantitative estimate of drug-likeness (QED) is 0.503. The third kappa shape index (κ3) is 3.27. The van der Waals surface area contributed by atoms with Crippen LogP contribution in [0.2, 0.25) is 0 Å². The molecule has 0 amide bonds. The molecule has 0 radical (unpaired) electrons. The van der Waals surface area contributed by atoms with Gasteiger partial charge in [0.15, 0.2) is 0 Å². The molecule has 0 spiro atoms. The number of hydrogen-bond acceptors (Lipinski definition) is 1. The summed E-state index contributed by atoms with van der Waals surface area (Å²) >= 11 is 0. The number of nitrogens with zero attached hydrogens (tertiary/aromatic N) is 2. The third-order valence-corrected chi connectivity index (χ3v) is 3.05. The van der Waals surface area contributed by atoms with Crippen molar-refractivity contribution in [3.63, 3.8) is 0 Å². The van der Waals surface area contributed by atoms with Crippen LogP contribution >= 0.6 is 0 Å². The summed E-state index contributed by atoms with van der Waals surface area (Å²) in [4.78, 5) is 4.15. The summed E-state index contributed by atoms with van der Waals surface area (Å²) in [5, 5.41) is 2.57. The van der Waals surface area contributed by atoms with E-state index in [1.807, 2.05) is 52.2 Å². The summed E-state index contributed by atoms with van der Waals surface area (Å²) in [6, 6.07) is 10.5. The van der Waals surface area contributed by atoms with Gasteiger partial charge in [0.05, 0.1) is 11.7 Å². The van der Waals surface area contributed by atoms with Gasteiger partial charge in [-0.1, -0.05) is 44.2 Å². The molecule has 0 N–H and O–H groups in total. The van der Waals surface area contributed by atoms with Crippen molar-refractivity contribution in [2.24, 2.45) is 7.05 Å². The van der Waals surface area contributed by atoms with Crippen LogP contribution in [0.25, 0.3) is 21.8 Å². The van der Waals surface area contributed by atoms with Gasteiger partial charge in [-0.3, -0.25) is 4.98 Å². The molecule has 0 fully saturated rings. The SMILES string of the molecule is C/C=C\C.CC.Cn1c2ccccc2c2ccncc21. The zero-order chi connectivity index (χ0) is 15.0. The molecule has 3 rings (SSSR count). The van der Waals surface area contributed by atoms with E-state index in [1.165, 1.54) is 21.8 Å². The number of hydrogen-bond donors (Lipinski definition) is 0. The van der Waals surface area contributed by atoms with Gasteiger partial charge in [0.25, 0.3) is 0 Å². The highest BCUT2D eigenvalue weighted by Crippen LogP contribution is 2.26. The molecule has 106 valence electrons. The van der Waals surface area contributed by atoms with E-state index in [0.29, 0.717) is 0 Å². The van der Waals surface area contributed by atoms with Crippen molar-refractivity contribution in [2.45, 2.75) is 27.7 Å². The summed E-state index contributed by atoms with van der Waals surface area (Å²) in [5.41, 5.74) is 2.45. The number of aromatic nitrogens is 2. The van der Waals surface area contributed by atoms with Crippen LogP contribution in [0.3, 0.4) is 0 Å². The normalized spacial score (nSPS) is 10.1. The molecule has 0 saturated heterocycles. The highest BCUT2D eigenvalue weighted by molar-refractivity contribution is 6.07. The maximum Gasteiger partial charge on any atom is 0.0675 e. The van der Waals surface area contributed by atoms with Crippen LogP contribution in [0.5, 0.6) is 0 Å². The first-order chi connectivity index (χ1) is 9.79. The fraction of sp³-hybridized carbons (Fsp3) is 0.278.